The van der Waals surface area contributed by atoms with Gasteiger partial charge in [-0.15, -0.1) is 0 Å². The van der Waals surface area contributed by atoms with Crippen molar-refractivity contribution in [3.8, 4) is 0 Å². The maximum Gasteiger partial charge on any atom is 0.131 e. The van der Waals surface area contributed by atoms with Crippen LogP contribution in [0.1, 0.15) is 18.9 Å². The van der Waals surface area contributed by atoms with Gasteiger partial charge in [-0.05, 0) is 32.0 Å². The largest absolute Gasteiger partial charge is 0.395 e. The lowest BCUT2D eigenvalue weighted by Gasteiger charge is -2.31. The van der Waals surface area contributed by atoms with Crippen molar-refractivity contribution >= 4 is 6.29 Å². The summed E-state index contributed by atoms with van der Waals surface area (Å²) in [7, 11) is 0. The lowest BCUT2D eigenvalue weighted by molar-refractivity contribution is -0.112. The van der Waals surface area contributed by atoms with Crippen molar-refractivity contribution in [2.45, 2.75) is 18.8 Å². The summed E-state index contributed by atoms with van der Waals surface area (Å²) in [6.45, 7) is 7.70. The van der Waals surface area contributed by atoms with Gasteiger partial charge in [0, 0.05) is 26.2 Å². The lowest BCUT2D eigenvalue weighted by Crippen LogP contribution is -2.42. The minimum atomic E-state index is -0.451. The van der Waals surface area contributed by atoms with Crippen LogP contribution >= 0.6 is 0 Å². The number of nitrogens with zero attached hydrogens (tertiary/aromatic N) is 2. The molecule has 2 rings (SSSR count). The van der Waals surface area contributed by atoms with Crippen LogP contribution in [0.4, 0.5) is 0 Å². The number of benzene rings is 1. The van der Waals surface area contributed by atoms with E-state index in [-0.39, 0.29) is 6.61 Å². The van der Waals surface area contributed by atoms with Gasteiger partial charge in [0.2, 0.25) is 0 Å². The number of aliphatic hydroxyl groups excluding tert-OH is 1. The highest BCUT2D eigenvalue weighted by molar-refractivity contribution is 5.68. The highest BCUT2D eigenvalue weighted by atomic mass is 16.3. The molecule has 0 aromatic heterocycles. The molecule has 1 atom stereocenters. The Morgan fingerprint density at radius 2 is 1.81 bits per heavy atom. The summed E-state index contributed by atoms with van der Waals surface area (Å²) in [5.41, 5.74) is 0.629. The molecule has 0 saturated carbocycles. The van der Waals surface area contributed by atoms with E-state index in [1.54, 1.807) is 0 Å². The van der Waals surface area contributed by atoms with Gasteiger partial charge in [-0.3, -0.25) is 4.90 Å². The first kappa shape index (κ1) is 16.1. The normalized spacial score (nSPS) is 20.7. The van der Waals surface area contributed by atoms with E-state index in [1.165, 1.54) is 0 Å². The van der Waals surface area contributed by atoms with Gasteiger partial charge in [0.1, 0.15) is 6.29 Å². The predicted octanol–water partition coefficient (Wildman–Crippen LogP) is 1.14. The summed E-state index contributed by atoms with van der Waals surface area (Å²) in [5.74, 6) is 0. The molecule has 21 heavy (non-hydrogen) atoms. The van der Waals surface area contributed by atoms with Gasteiger partial charge >= 0.3 is 0 Å². The van der Waals surface area contributed by atoms with Crippen LogP contribution in [0.15, 0.2) is 30.3 Å². The summed E-state index contributed by atoms with van der Waals surface area (Å²) in [6.07, 6.45) is 2.17. The van der Waals surface area contributed by atoms with Crippen LogP contribution in [0.2, 0.25) is 0 Å². The molecule has 1 unspecified atom stereocenters. The van der Waals surface area contributed by atoms with Gasteiger partial charge in [0.25, 0.3) is 0 Å². The molecule has 4 heteroatoms. The molecular weight excluding hydrogens is 264 g/mol. The average Bonchev–Trinajstić information content (AvgIpc) is 2.74. The van der Waals surface area contributed by atoms with Crippen LogP contribution in [0.25, 0.3) is 0 Å². The number of carbonyl (C=O) groups is 1. The number of hydrogen-bond donors (Lipinski definition) is 1. The van der Waals surface area contributed by atoms with E-state index >= 15 is 0 Å². The summed E-state index contributed by atoms with van der Waals surface area (Å²) in [4.78, 5) is 16.3. The topological polar surface area (TPSA) is 43.8 Å². The number of β-amino-alcohol motifs (C(OH)–C–C–N with tert-alkyl or cyclic N) is 1. The number of hydrogen-bond acceptors (Lipinski definition) is 4. The van der Waals surface area contributed by atoms with E-state index in [4.69, 9.17) is 5.11 Å². The van der Waals surface area contributed by atoms with Crippen molar-refractivity contribution < 1.29 is 9.90 Å². The highest BCUT2D eigenvalue weighted by Crippen LogP contribution is 2.23. The molecule has 0 bridgehead atoms. The Labute approximate surface area is 127 Å². The average molecular weight is 290 g/mol. The Morgan fingerprint density at radius 1 is 1.14 bits per heavy atom. The standard InChI is InChI=1S/C17H26N2O2/c1-17(15-21,16-6-3-2-4-7-16)14-19-9-5-8-18(10-11-19)12-13-20/h2-4,6-7,15,20H,5,8-14H2,1H3. The molecule has 1 aromatic carbocycles. The fraction of sp³-hybridized carbons (Fsp3) is 0.588. The Morgan fingerprint density at radius 3 is 2.48 bits per heavy atom. The molecule has 1 aliphatic rings. The summed E-state index contributed by atoms with van der Waals surface area (Å²) in [6, 6.07) is 10.0. The van der Waals surface area contributed by atoms with Crippen molar-refractivity contribution in [1.29, 1.82) is 0 Å². The van der Waals surface area contributed by atoms with Crippen LogP contribution in [0.3, 0.4) is 0 Å². The van der Waals surface area contributed by atoms with E-state index < -0.39 is 5.41 Å². The minimum absolute atomic E-state index is 0.218. The molecule has 116 valence electrons. The molecule has 0 aliphatic carbocycles. The molecule has 1 aliphatic heterocycles. The van der Waals surface area contributed by atoms with Gasteiger partial charge in [-0.25, -0.2) is 0 Å². The maximum atomic E-state index is 11.7. The van der Waals surface area contributed by atoms with Crippen LogP contribution in [0, 0.1) is 0 Å². The van der Waals surface area contributed by atoms with Gasteiger partial charge < -0.3 is 14.8 Å². The van der Waals surface area contributed by atoms with Crippen molar-refractivity contribution in [3.05, 3.63) is 35.9 Å². The first-order valence-corrected chi connectivity index (χ1v) is 7.75. The van der Waals surface area contributed by atoms with Crippen LogP contribution < -0.4 is 0 Å². The van der Waals surface area contributed by atoms with Gasteiger partial charge in [-0.2, -0.15) is 0 Å². The number of aliphatic hydroxyl groups is 1. The van der Waals surface area contributed by atoms with Gasteiger partial charge in [-0.1, -0.05) is 30.3 Å². The third-order valence-electron chi connectivity index (χ3n) is 4.34. The fourth-order valence-electron chi connectivity index (χ4n) is 3.03. The van der Waals surface area contributed by atoms with Crippen LogP contribution in [-0.2, 0) is 10.2 Å². The zero-order valence-corrected chi connectivity index (χ0v) is 12.9. The zero-order chi connectivity index (χ0) is 15.1. The van der Waals surface area contributed by atoms with Crippen molar-refractivity contribution in [3.63, 3.8) is 0 Å². The second-order valence-electron chi connectivity index (χ2n) is 6.10. The molecule has 0 radical (unpaired) electrons. The summed E-state index contributed by atoms with van der Waals surface area (Å²) < 4.78 is 0. The molecule has 4 nitrogen and oxygen atoms in total. The number of rotatable bonds is 6. The highest BCUT2D eigenvalue weighted by Gasteiger charge is 2.29. The Balaban J connectivity index is 2.00. The molecular formula is C17H26N2O2. The molecule has 1 saturated heterocycles. The third-order valence-corrected chi connectivity index (χ3v) is 4.34. The SMILES string of the molecule is CC(C=O)(CN1CCCN(CCO)CC1)c1ccccc1. The fourth-order valence-corrected chi connectivity index (χ4v) is 3.03. The maximum absolute atomic E-state index is 11.7. The Kier molecular flexibility index (Phi) is 5.91. The van der Waals surface area contributed by atoms with Crippen molar-refractivity contribution in [2.75, 3.05) is 45.9 Å². The van der Waals surface area contributed by atoms with E-state index in [1.807, 2.05) is 37.3 Å². The zero-order valence-electron chi connectivity index (χ0n) is 12.9. The minimum Gasteiger partial charge on any atom is -0.395 e. The Bertz CT molecular complexity index is 438. The van der Waals surface area contributed by atoms with E-state index in [0.717, 1.165) is 57.5 Å². The first-order valence-electron chi connectivity index (χ1n) is 7.75. The monoisotopic (exact) mass is 290 g/mol. The Hall–Kier alpha value is -1.23. The smallest absolute Gasteiger partial charge is 0.131 e. The molecule has 1 N–H and O–H groups in total. The molecule has 1 heterocycles. The number of aldehydes is 1. The van der Waals surface area contributed by atoms with E-state index in [2.05, 4.69) is 9.80 Å². The second-order valence-corrected chi connectivity index (χ2v) is 6.10. The van der Waals surface area contributed by atoms with Crippen LogP contribution in [0.5, 0.6) is 0 Å². The first-order chi connectivity index (χ1) is 10.2. The molecule has 0 spiro atoms. The van der Waals surface area contributed by atoms with E-state index in [0.29, 0.717) is 0 Å². The van der Waals surface area contributed by atoms with E-state index in [9.17, 15) is 4.79 Å². The quantitative estimate of drug-likeness (QED) is 0.798. The van der Waals surface area contributed by atoms with Crippen molar-refractivity contribution in [1.82, 2.24) is 9.80 Å². The van der Waals surface area contributed by atoms with Crippen molar-refractivity contribution in [2.24, 2.45) is 0 Å². The predicted molar refractivity (Wildman–Crippen MR) is 84.4 cm³/mol. The van der Waals surface area contributed by atoms with Gasteiger partial charge in [0.15, 0.2) is 0 Å². The lowest BCUT2D eigenvalue weighted by atomic mass is 9.83. The molecule has 0 amide bonds. The third kappa shape index (κ3) is 4.37. The second kappa shape index (κ2) is 7.69. The summed E-state index contributed by atoms with van der Waals surface area (Å²) in [5, 5.41) is 9.05. The molecule has 1 aromatic rings. The van der Waals surface area contributed by atoms with Gasteiger partial charge in [0.05, 0.1) is 12.0 Å². The van der Waals surface area contributed by atoms with Crippen LogP contribution in [-0.4, -0.2) is 67.1 Å². The molecule has 1 fully saturated rings. The number of carbonyl (C=O) groups excluding carboxylic acids is 1. The summed E-state index contributed by atoms with van der Waals surface area (Å²) >= 11 is 0.